The molecule has 9 heteroatoms. The smallest absolute Gasteiger partial charge is 0.434 e. The van der Waals surface area contributed by atoms with E-state index in [1.807, 2.05) is 30.3 Å². The van der Waals surface area contributed by atoms with E-state index in [4.69, 9.17) is 4.74 Å². The normalized spacial score (nSPS) is 12.1. The van der Waals surface area contributed by atoms with E-state index in [2.05, 4.69) is 20.6 Å². The SMILES string of the molecule is CN=C(NCCOc1ccccc1)NCc1nc(C(F)(F)F)cs1. The van der Waals surface area contributed by atoms with Gasteiger partial charge in [0, 0.05) is 12.4 Å². The first-order valence-electron chi connectivity index (χ1n) is 7.13. The number of para-hydroxylation sites is 1. The van der Waals surface area contributed by atoms with E-state index in [-0.39, 0.29) is 6.54 Å². The van der Waals surface area contributed by atoms with Crippen LogP contribution in [0.4, 0.5) is 13.2 Å². The van der Waals surface area contributed by atoms with Crippen LogP contribution in [0.15, 0.2) is 40.7 Å². The van der Waals surface area contributed by atoms with Crippen molar-refractivity contribution in [2.45, 2.75) is 12.7 Å². The number of benzene rings is 1. The molecular formula is C15H17F3N4OS. The second-order valence-corrected chi connectivity index (χ2v) is 5.58. The molecule has 0 fully saturated rings. The van der Waals surface area contributed by atoms with Crippen molar-refractivity contribution >= 4 is 17.3 Å². The Hall–Kier alpha value is -2.29. The number of thiazole rings is 1. The van der Waals surface area contributed by atoms with Crippen molar-refractivity contribution in [3.8, 4) is 5.75 Å². The van der Waals surface area contributed by atoms with Crippen LogP contribution in [-0.4, -0.2) is 31.1 Å². The van der Waals surface area contributed by atoms with Crippen LogP contribution in [-0.2, 0) is 12.7 Å². The van der Waals surface area contributed by atoms with Crippen molar-refractivity contribution in [1.29, 1.82) is 0 Å². The molecule has 0 aliphatic rings. The van der Waals surface area contributed by atoms with Gasteiger partial charge in [0.05, 0.1) is 13.1 Å². The Kier molecular flexibility index (Phi) is 6.42. The van der Waals surface area contributed by atoms with Crippen LogP contribution in [0.3, 0.4) is 0 Å². The summed E-state index contributed by atoms with van der Waals surface area (Å²) in [4.78, 5) is 7.54. The van der Waals surface area contributed by atoms with Gasteiger partial charge in [0.2, 0.25) is 0 Å². The summed E-state index contributed by atoms with van der Waals surface area (Å²) >= 11 is 0.953. The number of aliphatic imine (C=N–C) groups is 1. The molecule has 0 saturated heterocycles. The van der Waals surface area contributed by atoms with Crippen LogP contribution >= 0.6 is 11.3 Å². The van der Waals surface area contributed by atoms with Crippen LogP contribution in [0.2, 0.25) is 0 Å². The molecule has 1 aromatic carbocycles. The minimum atomic E-state index is -4.41. The number of guanidine groups is 1. The number of rotatable bonds is 6. The third-order valence-corrected chi connectivity index (χ3v) is 3.73. The largest absolute Gasteiger partial charge is 0.492 e. The summed E-state index contributed by atoms with van der Waals surface area (Å²) in [5.74, 6) is 1.24. The number of aromatic nitrogens is 1. The topological polar surface area (TPSA) is 58.5 Å². The summed E-state index contributed by atoms with van der Waals surface area (Å²) < 4.78 is 43.0. The second kappa shape index (κ2) is 8.53. The van der Waals surface area contributed by atoms with Crippen molar-refractivity contribution in [2.24, 2.45) is 4.99 Å². The standard InChI is InChI=1S/C15H17F3N4OS/c1-19-14(20-7-8-23-11-5-3-2-4-6-11)21-9-13-22-12(10-24-13)15(16,17)18/h2-6,10H,7-9H2,1H3,(H2,19,20,21). The van der Waals surface area contributed by atoms with Gasteiger partial charge in [0.15, 0.2) is 11.7 Å². The lowest BCUT2D eigenvalue weighted by atomic mass is 10.3. The molecule has 0 amide bonds. The number of hydrogen-bond donors (Lipinski definition) is 2. The van der Waals surface area contributed by atoms with E-state index in [0.717, 1.165) is 22.5 Å². The van der Waals surface area contributed by atoms with Gasteiger partial charge < -0.3 is 15.4 Å². The molecule has 0 spiro atoms. The van der Waals surface area contributed by atoms with Gasteiger partial charge in [-0.15, -0.1) is 11.3 Å². The van der Waals surface area contributed by atoms with Crippen molar-refractivity contribution in [1.82, 2.24) is 15.6 Å². The zero-order valence-electron chi connectivity index (χ0n) is 12.9. The molecule has 24 heavy (non-hydrogen) atoms. The molecule has 5 nitrogen and oxygen atoms in total. The maximum Gasteiger partial charge on any atom is 0.434 e. The van der Waals surface area contributed by atoms with Gasteiger partial charge in [0.1, 0.15) is 17.4 Å². The predicted molar refractivity (Wildman–Crippen MR) is 87.3 cm³/mol. The van der Waals surface area contributed by atoms with Crippen LogP contribution in [0.25, 0.3) is 0 Å². The van der Waals surface area contributed by atoms with Gasteiger partial charge in [-0.25, -0.2) is 4.98 Å². The summed E-state index contributed by atoms with van der Waals surface area (Å²) in [5.41, 5.74) is -0.872. The Morgan fingerprint density at radius 3 is 2.62 bits per heavy atom. The van der Waals surface area contributed by atoms with Crippen molar-refractivity contribution in [3.05, 3.63) is 46.4 Å². The number of hydrogen-bond acceptors (Lipinski definition) is 4. The van der Waals surface area contributed by atoms with Crippen LogP contribution in [0.5, 0.6) is 5.75 Å². The highest BCUT2D eigenvalue weighted by Crippen LogP contribution is 2.29. The van der Waals surface area contributed by atoms with Gasteiger partial charge in [-0.1, -0.05) is 18.2 Å². The van der Waals surface area contributed by atoms with Crippen molar-refractivity contribution < 1.29 is 17.9 Å². The first-order chi connectivity index (χ1) is 11.5. The van der Waals surface area contributed by atoms with E-state index in [1.165, 1.54) is 0 Å². The first kappa shape index (κ1) is 18.1. The highest BCUT2D eigenvalue weighted by atomic mass is 32.1. The summed E-state index contributed by atoms with van der Waals surface area (Å²) in [6.07, 6.45) is -4.41. The Labute approximate surface area is 141 Å². The first-order valence-corrected chi connectivity index (χ1v) is 8.01. The number of nitrogens with one attached hydrogen (secondary N) is 2. The number of nitrogens with zero attached hydrogens (tertiary/aromatic N) is 2. The molecule has 0 atom stereocenters. The van der Waals surface area contributed by atoms with E-state index >= 15 is 0 Å². The fraction of sp³-hybridized carbons (Fsp3) is 0.333. The molecule has 0 aliphatic carbocycles. The van der Waals surface area contributed by atoms with Gasteiger partial charge in [-0.05, 0) is 12.1 Å². The Morgan fingerprint density at radius 1 is 1.25 bits per heavy atom. The second-order valence-electron chi connectivity index (χ2n) is 4.64. The van der Waals surface area contributed by atoms with Crippen molar-refractivity contribution in [2.75, 3.05) is 20.2 Å². The van der Waals surface area contributed by atoms with E-state index in [1.54, 1.807) is 7.05 Å². The molecule has 1 heterocycles. The Bertz CT molecular complexity index is 658. The summed E-state index contributed by atoms with van der Waals surface area (Å²) in [7, 11) is 1.58. The number of ether oxygens (including phenoxy) is 1. The number of halogens is 3. The van der Waals surface area contributed by atoms with Gasteiger partial charge in [-0.3, -0.25) is 4.99 Å². The fourth-order valence-electron chi connectivity index (χ4n) is 1.76. The predicted octanol–water partition coefficient (Wildman–Crippen LogP) is 2.91. The summed E-state index contributed by atoms with van der Waals surface area (Å²) in [6.45, 7) is 1.10. The molecule has 0 bridgehead atoms. The molecule has 0 radical (unpaired) electrons. The lowest BCUT2D eigenvalue weighted by Crippen LogP contribution is -2.38. The molecule has 1 aromatic heterocycles. The molecule has 130 valence electrons. The van der Waals surface area contributed by atoms with E-state index < -0.39 is 11.9 Å². The quantitative estimate of drug-likeness (QED) is 0.474. The fourth-order valence-corrected chi connectivity index (χ4v) is 2.50. The molecule has 0 aliphatic heterocycles. The third-order valence-electron chi connectivity index (χ3n) is 2.88. The van der Waals surface area contributed by atoms with Crippen LogP contribution in [0.1, 0.15) is 10.7 Å². The number of alkyl halides is 3. The minimum absolute atomic E-state index is 0.167. The molecular weight excluding hydrogens is 341 g/mol. The van der Waals surface area contributed by atoms with Gasteiger partial charge >= 0.3 is 6.18 Å². The zero-order chi connectivity index (χ0) is 17.4. The van der Waals surface area contributed by atoms with Crippen LogP contribution < -0.4 is 15.4 Å². The molecule has 2 N–H and O–H groups in total. The lowest BCUT2D eigenvalue weighted by Gasteiger charge is -2.11. The summed E-state index contributed by atoms with van der Waals surface area (Å²) in [6, 6.07) is 9.38. The maximum absolute atomic E-state index is 12.5. The Balaban J connectivity index is 1.71. The van der Waals surface area contributed by atoms with Gasteiger partial charge in [-0.2, -0.15) is 13.2 Å². The van der Waals surface area contributed by atoms with E-state index in [0.29, 0.717) is 24.1 Å². The van der Waals surface area contributed by atoms with E-state index in [9.17, 15) is 13.2 Å². The molecule has 2 aromatic rings. The van der Waals surface area contributed by atoms with Crippen molar-refractivity contribution in [3.63, 3.8) is 0 Å². The monoisotopic (exact) mass is 358 g/mol. The molecule has 2 rings (SSSR count). The average Bonchev–Trinajstić information content (AvgIpc) is 3.04. The van der Waals surface area contributed by atoms with Crippen LogP contribution in [0, 0.1) is 0 Å². The van der Waals surface area contributed by atoms with Gasteiger partial charge in [0.25, 0.3) is 0 Å². The minimum Gasteiger partial charge on any atom is -0.492 e. The maximum atomic E-state index is 12.5. The zero-order valence-corrected chi connectivity index (χ0v) is 13.7. The lowest BCUT2D eigenvalue weighted by molar-refractivity contribution is -0.140. The highest BCUT2D eigenvalue weighted by Gasteiger charge is 2.33. The Morgan fingerprint density at radius 2 is 2.00 bits per heavy atom. The molecule has 0 saturated carbocycles. The highest BCUT2D eigenvalue weighted by molar-refractivity contribution is 7.09. The third kappa shape index (κ3) is 5.73. The summed E-state index contributed by atoms with van der Waals surface area (Å²) in [5, 5.41) is 7.27. The molecule has 0 unspecified atom stereocenters. The average molecular weight is 358 g/mol.